The van der Waals surface area contributed by atoms with Crippen molar-refractivity contribution < 1.29 is 19.4 Å². The van der Waals surface area contributed by atoms with Crippen LogP contribution in [-0.4, -0.2) is 33.3 Å². The number of aryl methyl sites for hydroxylation is 1. The van der Waals surface area contributed by atoms with Crippen molar-refractivity contribution in [2.75, 3.05) is 6.61 Å². The van der Waals surface area contributed by atoms with Crippen molar-refractivity contribution in [3.8, 4) is 5.75 Å². The maximum Gasteiger partial charge on any atom is 0.295 e. The van der Waals surface area contributed by atoms with Crippen molar-refractivity contribution >= 4 is 17.4 Å². The minimum Gasteiger partial charge on any atom is -0.507 e. The van der Waals surface area contributed by atoms with Gasteiger partial charge >= 0.3 is 0 Å². The van der Waals surface area contributed by atoms with Gasteiger partial charge in [0.15, 0.2) is 0 Å². The quantitative estimate of drug-likeness (QED) is 0.291. The van der Waals surface area contributed by atoms with Crippen molar-refractivity contribution in [3.63, 3.8) is 0 Å². The summed E-state index contributed by atoms with van der Waals surface area (Å²) in [7, 11) is 0. The van der Waals surface area contributed by atoms with Crippen LogP contribution in [0.1, 0.15) is 48.6 Å². The Bertz CT molecular complexity index is 1200. The van der Waals surface area contributed by atoms with E-state index in [9.17, 15) is 14.7 Å². The number of carbonyl (C=O) groups excluding carboxylic acids is 2. The highest BCUT2D eigenvalue weighted by Crippen LogP contribution is 2.40. The second kappa shape index (κ2) is 10.3. The van der Waals surface area contributed by atoms with E-state index in [2.05, 4.69) is 11.9 Å². The largest absolute Gasteiger partial charge is 0.507 e. The number of nitrogens with zero attached hydrogens (tertiary/aromatic N) is 2. The number of hydrogen-bond donors (Lipinski definition) is 1. The molecule has 1 N–H and O–H groups in total. The van der Waals surface area contributed by atoms with Crippen molar-refractivity contribution in [2.24, 2.45) is 0 Å². The number of pyridine rings is 1. The second-order valence-corrected chi connectivity index (χ2v) is 8.26. The molecular formula is C28H28N2O4. The molecule has 0 aliphatic carbocycles. The summed E-state index contributed by atoms with van der Waals surface area (Å²) in [5, 5.41) is 11.3. The first-order valence-corrected chi connectivity index (χ1v) is 11.5. The smallest absolute Gasteiger partial charge is 0.295 e. The Hall–Kier alpha value is -3.93. The Morgan fingerprint density at radius 1 is 1.03 bits per heavy atom. The summed E-state index contributed by atoms with van der Waals surface area (Å²) >= 11 is 0. The number of hydrogen-bond acceptors (Lipinski definition) is 5. The molecule has 174 valence electrons. The number of aliphatic hydroxyl groups is 1. The lowest BCUT2D eigenvalue weighted by Crippen LogP contribution is -2.29. The number of rotatable bonds is 8. The van der Waals surface area contributed by atoms with Crippen LogP contribution in [0.15, 0.2) is 78.6 Å². The molecule has 1 amide bonds. The molecule has 3 aromatic rings. The molecule has 1 aliphatic heterocycles. The molecule has 1 aliphatic rings. The van der Waals surface area contributed by atoms with E-state index in [0.717, 1.165) is 29.5 Å². The Labute approximate surface area is 199 Å². The van der Waals surface area contributed by atoms with Gasteiger partial charge in [-0.15, -0.1) is 0 Å². The number of aromatic nitrogens is 1. The van der Waals surface area contributed by atoms with Crippen molar-refractivity contribution in [3.05, 3.63) is 101 Å². The molecule has 1 unspecified atom stereocenters. The van der Waals surface area contributed by atoms with Gasteiger partial charge in [0.2, 0.25) is 0 Å². The van der Waals surface area contributed by atoms with E-state index in [1.54, 1.807) is 42.7 Å². The SMILES string of the molecule is CCCOc1cccc(/C(O)=C2\C(=O)C(=O)N(Cc3cccnc3)C2c2ccc(CC)cc2)c1. The zero-order valence-electron chi connectivity index (χ0n) is 19.4. The predicted octanol–water partition coefficient (Wildman–Crippen LogP) is 5.05. The first kappa shape index (κ1) is 23.2. The van der Waals surface area contributed by atoms with E-state index in [4.69, 9.17) is 4.74 Å². The summed E-state index contributed by atoms with van der Waals surface area (Å²) in [4.78, 5) is 32.0. The van der Waals surface area contributed by atoms with Gasteiger partial charge in [-0.3, -0.25) is 14.6 Å². The van der Waals surface area contributed by atoms with Crippen molar-refractivity contribution in [1.29, 1.82) is 0 Å². The third-order valence-corrected chi connectivity index (χ3v) is 5.90. The number of ether oxygens (including phenoxy) is 1. The van der Waals surface area contributed by atoms with E-state index in [0.29, 0.717) is 17.9 Å². The molecule has 0 spiro atoms. The molecule has 4 rings (SSSR count). The highest BCUT2D eigenvalue weighted by Gasteiger charge is 2.46. The fourth-order valence-corrected chi connectivity index (χ4v) is 4.12. The lowest BCUT2D eigenvalue weighted by atomic mass is 9.94. The zero-order chi connectivity index (χ0) is 24.1. The van der Waals surface area contributed by atoms with Crippen LogP contribution in [0.4, 0.5) is 0 Å². The molecule has 1 aromatic heterocycles. The first-order valence-electron chi connectivity index (χ1n) is 11.5. The maximum absolute atomic E-state index is 13.2. The van der Waals surface area contributed by atoms with Gasteiger partial charge in [0.05, 0.1) is 18.2 Å². The van der Waals surface area contributed by atoms with Gasteiger partial charge in [0.25, 0.3) is 11.7 Å². The van der Waals surface area contributed by atoms with Gasteiger partial charge in [-0.05, 0) is 47.7 Å². The summed E-state index contributed by atoms with van der Waals surface area (Å²) in [6, 6.07) is 17.7. The molecule has 2 aromatic carbocycles. The number of amides is 1. The molecule has 6 heteroatoms. The average molecular weight is 457 g/mol. The molecule has 1 fully saturated rings. The highest BCUT2D eigenvalue weighted by molar-refractivity contribution is 6.46. The molecular weight excluding hydrogens is 428 g/mol. The molecule has 1 saturated heterocycles. The third kappa shape index (κ3) is 4.71. The minimum atomic E-state index is -0.716. The van der Waals surface area contributed by atoms with Crippen LogP contribution in [0.2, 0.25) is 0 Å². The molecule has 0 saturated carbocycles. The highest BCUT2D eigenvalue weighted by atomic mass is 16.5. The lowest BCUT2D eigenvalue weighted by Gasteiger charge is -2.25. The number of carbonyl (C=O) groups is 2. The first-order chi connectivity index (χ1) is 16.5. The Morgan fingerprint density at radius 3 is 2.50 bits per heavy atom. The Balaban J connectivity index is 1.81. The number of benzene rings is 2. The number of aliphatic hydroxyl groups excluding tert-OH is 1. The Kier molecular flexibility index (Phi) is 7.07. The van der Waals surface area contributed by atoms with Crippen LogP contribution in [-0.2, 0) is 22.6 Å². The summed E-state index contributed by atoms with van der Waals surface area (Å²) < 4.78 is 5.69. The molecule has 2 heterocycles. The number of Topliss-reactive ketones (excluding diaryl/α,β-unsaturated/α-hetero) is 1. The van der Waals surface area contributed by atoms with E-state index in [1.165, 1.54) is 4.90 Å². The molecule has 0 radical (unpaired) electrons. The minimum absolute atomic E-state index is 0.0748. The molecule has 34 heavy (non-hydrogen) atoms. The fourth-order valence-electron chi connectivity index (χ4n) is 4.12. The van der Waals surface area contributed by atoms with Gasteiger partial charge in [-0.1, -0.05) is 56.3 Å². The molecule has 6 nitrogen and oxygen atoms in total. The normalized spacial score (nSPS) is 17.2. The van der Waals surface area contributed by atoms with Gasteiger partial charge in [-0.2, -0.15) is 0 Å². The van der Waals surface area contributed by atoms with E-state index < -0.39 is 17.7 Å². The van der Waals surface area contributed by atoms with Gasteiger partial charge in [0, 0.05) is 24.5 Å². The summed E-state index contributed by atoms with van der Waals surface area (Å²) in [5.74, 6) is -0.961. The van der Waals surface area contributed by atoms with Gasteiger partial charge in [0.1, 0.15) is 11.5 Å². The topological polar surface area (TPSA) is 79.7 Å². The standard InChI is InChI=1S/C28H28N2O4/c1-3-15-34-23-9-5-8-22(16-23)26(31)24-25(21-12-10-19(4-2)11-13-21)30(28(33)27(24)32)18-20-7-6-14-29-17-20/h5-14,16-17,25,31H,3-4,15,18H2,1-2H3/b26-24+. The van der Waals surface area contributed by atoms with E-state index >= 15 is 0 Å². The predicted molar refractivity (Wildman–Crippen MR) is 130 cm³/mol. The third-order valence-electron chi connectivity index (χ3n) is 5.90. The van der Waals surface area contributed by atoms with Crippen molar-refractivity contribution in [1.82, 2.24) is 9.88 Å². The lowest BCUT2D eigenvalue weighted by molar-refractivity contribution is -0.140. The van der Waals surface area contributed by atoms with Crippen LogP contribution in [0.25, 0.3) is 5.76 Å². The average Bonchev–Trinajstić information content (AvgIpc) is 3.12. The van der Waals surface area contributed by atoms with E-state index in [1.807, 2.05) is 37.3 Å². The summed E-state index contributed by atoms with van der Waals surface area (Å²) in [6.07, 6.45) is 5.06. The van der Waals surface area contributed by atoms with Crippen LogP contribution in [0, 0.1) is 0 Å². The monoisotopic (exact) mass is 456 g/mol. The zero-order valence-corrected chi connectivity index (χ0v) is 19.4. The summed E-state index contributed by atoms with van der Waals surface area (Å²) in [5.41, 5.74) is 3.22. The van der Waals surface area contributed by atoms with Crippen LogP contribution in [0.3, 0.4) is 0 Å². The second-order valence-electron chi connectivity index (χ2n) is 8.26. The van der Waals surface area contributed by atoms with E-state index in [-0.39, 0.29) is 17.9 Å². The van der Waals surface area contributed by atoms with Crippen LogP contribution < -0.4 is 4.74 Å². The van der Waals surface area contributed by atoms with Gasteiger partial charge < -0.3 is 14.7 Å². The van der Waals surface area contributed by atoms with Crippen LogP contribution >= 0.6 is 0 Å². The molecule has 1 atom stereocenters. The number of likely N-dealkylation sites (tertiary alicyclic amines) is 1. The summed E-state index contributed by atoms with van der Waals surface area (Å²) in [6.45, 7) is 4.83. The van der Waals surface area contributed by atoms with Gasteiger partial charge in [-0.25, -0.2) is 0 Å². The van der Waals surface area contributed by atoms with Crippen LogP contribution in [0.5, 0.6) is 5.75 Å². The Morgan fingerprint density at radius 2 is 1.82 bits per heavy atom. The fraction of sp³-hybridized carbons (Fsp3) is 0.250. The number of ketones is 1. The molecule has 0 bridgehead atoms. The maximum atomic E-state index is 13.2. The van der Waals surface area contributed by atoms with Crippen molar-refractivity contribution in [2.45, 2.75) is 39.3 Å².